The van der Waals surface area contributed by atoms with Crippen molar-refractivity contribution in [3.8, 4) is 0 Å². The molecule has 0 spiro atoms. The molecule has 1 unspecified atom stereocenters. The number of benzene rings is 2. The Kier molecular flexibility index (Phi) is 7.43. The summed E-state index contributed by atoms with van der Waals surface area (Å²) in [6.07, 6.45) is 1.67. The van der Waals surface area contributed by atoms with E-state index in [1.807, 2.05) is 36.4 Å². The number of para-hydroxylation sites is 1. The first-order chi connectivity index (χ1) is 17.5. The minimum atomic E-state index is -2.10. The molecular weight excluding hydrogens is 546 g/mol. The second-order valence-electron chi connectivity index (χ2n) is 8.47. The second-order valence-corrected chi connectivity index (χ2v) is 10.1. The van der Waals surface area contributed by atoms with Crippen LogP contribution in [0.2, 0.25) is 0 Å². The van der Waals surface area contributed by atoms with E-state index in [4.69, 9.17) is 4.55 Å². The number of aromatic nitrogens is 4. The Morgan fingerprint density at radius 2 is 1.94 bits per heavy atom. The smallest absolute Gasteiger partial charge is 0.232 e. The summed E-state index contributed by atoms with van der Waals surface area (Å²) in [5.74, 6) is 1.96. The lowest BCUT2D eigenvalue weighted by Gasteiger charge is -2.32. The van der Waals surface area contributed by atoms with E-state index in [0.29, 0.717) is 16.2 Å². The van der Waals surface area contributed by atoms with Crippen LogP contribution in [0.25, 0.3) is 10.9 Å². The first-order valence-electron chi connectivity index (χ1n) is 11.4. The first-order valence-corrected chi connectivity index (χ1v) is 13.3. The van der Waals surface area contributed by atoms with Crippen LogP contribution in [0.15, 0.2) is 53.1 Å². The van der Waals surface area contributed by atoms with Gasteiger partial charge in [-0.05, 0) is 52.8 Å². The van der Waals surface area contributed by atoms with Gasteiger partial charge in [-0.2, -0.15) is 10.1 Å². The lowest BCUT2D eigenvalue weighted by Crippen LogP contribution is -2.44. The number of hydrogen-bond donors (Lipinski definition) is 5. The molecule has 1 saturated heterocycles. The molecule has 1 fully saturated rings. The van der Waals surface area contributed by atoms with Crippen molar-refractivity contribution in [2.24, 2.45) is 0 Å². The molecule has 11 nitrogen and oxygen atoms in total. The first kappa shape index (κ1) is 24.6. The highest BCUT2D eigenvalue weighted by atomic mass is 79.9. The third-order valence-corrected chi connectivity index (χ3v) is 6.97. The number of rotatable bonds is 8. The van der Waals surface area contributed by atoms with Crippen LogP contribution in [0.4, 0.5) is 29.0 Å². The lowest BCUT2D eigenvalue weighted by molar-refractivity contribution is 0.312. The molecule has 2 aromatic carbocycles. The van der Waals surface area contributed by atoms with Gasteiger partial charge in [0.1, 0.15) is 5.82 Å². The van der Waals surface area contributed by atoms with E-state index >= 15 is 0 Å². The molecule has 4 aromatic rings. The average Bonchev–Trinajstić information content (AvgIpc) is 3.29. The zero-order valence-corrected chi connectivity index (χ0v) is 21.9. The predicted molar refractivity (Wildman–Crippen MR) is 146 cm³/mol. The third-order valence-electron chi connectivity index (χ3n) is 6.00. The Morgan fingerprint density at radius 1 is 1.14 bits per heavy atom. The number of likely N-dealkylation sites (N-methyl/N-ethyl adjacent to an activating group) is 1. The van der Waals surface area contributed by atoms with Gasteiger partial charge in [0.15, 0.2) is 5.82 Å². The maximum Gasteiger partial charge on any atom is 0.232 e. The highest BCUT2D eigenvalue weighted by Crippen LogP contribution is 2.30. The molecule has 0 bridgehead atoms. The summed E-state index contributed by atoms with van der Waals surface area (Å²) in [7, 11) is 2.14. The third kappa shape index (κ3) is 5.65. The molecule has 0 saturated carbocycles. The number of H-pyrrole nitrogens is 1. The van der Waals surface area contributed by atoms with Crippen LogP contribution in [0.3, 0.4) is 0 Å². The van der Waals surface area contributed by atoms with E-state index in [-0.39, 0.29) is 6.54 Å². The molecule has 13 heteroatoms. The van der Waals surface area contributed by atoms with E-state index < -0.39 is 11.3 Å². The summed E-state index contributed by atoms with van der Waals surface area (Å²) in [6, 6.07) is 13.5. The Hall–Kier alpha value is -3.10. The fourth-order valence-electron chi connectivity index (χ4n) is 4.05. The number of nitrogens with one attached hydrogen (secondary N) is 4. The molecule has 5 N–H and O–H groups in total. The summed E-state index contributed by atoms with van der Waals surface area (Å²) in [5.41, 5.74) is 3.35. The van der Waals surface area contributed by atoms with Crippen LogP contribution in [0, 0.1) is 0 Å². The van der Waals surface area contributed by atoms with Crippen molar-refractivity contribution in [1.82, 2.24) is 29.8 Å². The summed E-state index contributed by atoms with van der Waals surface area (Å²) in [4.78, 5) is 13.6. The standard InChI is InChI=1S/C23H26BrN9O2S/c1-32-8-10-33(11-9-32)22-17-7-6-16(12-20(17)30-31-22)27-23-25-14-18(24)21(29-23)28-19-5-3-2-4-15(19)13-26-36(34)35/h2-7,12,14,26H,8-11,13H2,1H3,(H,30,31)(H,34,35)(H2,25,27,28,29). The van der Waals surface area contributed by atoms with Crippen LogP contribution in [0.5, 0.6) is 0 Å². The topological polar surface area (TPSA) is 134 Å². The zero-order chi connectivity index (χ0) is 25.1. The van der Waals surface area contributed by atoms with E-state index in [1.54, 1.807) is 6.20 Å². The molecule has 0 radical (unpaired) electrons. The van der Waals surface area contributed by atoms with Gasteiger partial charge in [0.25, 0.3) is 0 Å². The summed E-state index contributed by atoms with van der Waals surface area (Å²) in [5, 5.41) is 15.3. The number of piperazine rings is 1. The summed E-state index contributed by atoms with van der Waals surface area (Å²) in [6.45, 7) is 4.17. The van der Waals surface area contributed by atoms with Crippen molar-refractivity contribution >= 4 is 67.1 Å². The van der Waals surface area contributed by atoms with Crippen molar-refractivity contribution in [1.29, 1.82) is 0 Å². The van der Waals surface area contributed by atoms with Gasteiger partial charge in [0.05, 0.1) is 9.99 Å². The van der Waals surface area contributed by atoms with Gasteiger partial charge in [-0.25, -0.2) is 13.9 Å². The molecule has 1 aliphatic heterocycles. The number of halogens is 1. The molecule has 36 heavy (non-hydrogen) atoms. The molecule has 5 rings (SSSR count). The predicted octanol–water partition coefficient (Wildman–Crippen LogP) is 3.58. The number of nitrogens with zero attached hydrogens (tertiary/aromatic N) is 5. The Morgan fingerprint density at radius 3 is 2.75 bits per heavy atom. The van der Waals surface area contributed by atoms with Crippen molar-refractivity contribution in [3.63, 3.8) is 0 Å². The van der Waals surface area contributed by atoms with Gasteiger partial charge in [0, 0.05) is 55.7 Å². The molecule has 0 amide bonds. The molecule has 0 aliphatic carbocycles. The average molecular weight is 572 g/mol. The summed E-state index contributed by atoms with van der Waals surface area (Å²) < 4.78 is 23.3. The molecular formula is C23H26BrN9O2S. The number of anilines is 5. The minimum absolute atomic E-state index is 0.223. The van der Waals surface area contributed by atoms with Gasteiger partial charge in [-0.15, -0.1) is 0 Å². The van der Waals surface area contributed by atoms with Crippen molar-refractivity contribution < 1.29 is 8.76 Å². The van der Waals surface area contributed by atoms with Crippen LogP contribution >= 0.6 is 15.9 Å². The van der Waals surface area contributed by atoms with Gasteiger partial charge in [-0.3, -0.25) is 9.65 Å². The van der Waals surface area contributed by atoms with Crippen LogP contribution < -0.4 is 20.3 Å². The number of hydrogen-bond acceptors (Lipinski definition) is 8. The Bertz CT molecular complexity index is 1390. The van der Waals surface area contributed by atoms with E-state index in [2.05, 4.69) is 74.4 Å². The van der Waals surface area contributed by atoms with E-state index in [0.717, 1.165) is 59.8 Å². The molecule has 1 aliphatic rings. The monoisotopic (exact) mass is 571 g/mol. The maximum atomic E-state index is 11.0. The molecule has 1 atom stereocenters. The zero-order valence-electron chi connectivity index (χ0n) is 19.5. The summed E-state index contributed by atoms with van der Waals surface area (Å²) >= 11 is 1.40. The lowest BCUT2D eigenvalue weighted by atomic mass is 10.2. The van der Waals surface area contributed by atoms with Crippen molar-refractivity contribution in [2.75, 3.05) is 48.8 Å². The minimum Gasteiger partial charge on any atom is -0.352 e. The van der Waals surface area contributed by atoms with E-state index in [9.17, 15) is 4.21 Å². The Labute approximate surface area is 219 Å². The van der Waals surface area contributed by atoms with Crippen LogP contribution in [-0.2, 0) is 17.8 Å². The normalized spacial score (nSPS) is 15.2. The highest BCUT2D eigenvalue weighted by Gasteiger charge is 2.19. The molecule has 2 aromatic heterocycles. The number of aromatic amines is 1. The van der Waals surface area contributed by atoms with Crippen LogP contribution in [-0.4, -0.2) is 67.1 Å². The fraction of sp³-hybridized carbons (Fsp3) is 0.261. The van der Waals surface area contributed by atoms with Crippen molar-refractivity contribution in [3.05, 3.63) is 58.7 Å². The van der Waals surface area contributed by atoms with Gasteiger partial charge in [0.2, 0.25) is 17.2 Å². The van der Waals surface area contributed by atoms with Gasteiger partial charge in [-0.1, -0.05) is 18.2 Å². The maximum absolute atomic E-state index is 11.0. The Balaban J connectivity index is 1.33. The largest absolute Gasteiger partial charge is 0.352 e. The van der Waals surface area contributed by atoms with E-state index in [1.165, 1.54) is 0 Å². The van der Waals surface area contributed by atoms with Gasteiger partial charge >= 0.3 is 0 Å². The van der Waals surface area contributed by atoms with Gasteiger partial charge < -0.3 is 20.4 Å². The van der Waals surface area contributed by atoms with Crippen LogP contribution in [0.1, 0.15) is 5.56 Å². The van der Waals surface area contributed by atoms with Crippen molar-refractivity contribution in [2.45, 2.75) is 6.54 Å². The quantitative estimate of drug-likeness (QED) is 0.201. The fourth-order valence-corrected chi connectivity index (χ4v) is 4.62. The SMILES string of the molecule is CN1CCN(c2n[nH]c3cc(Nc4ncc(Br)c(Nc5ccccc5CNS(=O)O)n4)ccc23)CC1. The number of fused-ring (bicyclic) bond motifs is 1. The molecule has 188 valence electrons. The molecule has 3 heterocycles. The second kappa shape index (κ2) is 10.9. The highest BCUT2D eigenvalue weighted by molar-refractivity contribution is 9.10.